The molecule has 0 heterocycles. The van der Waals surface area contributed by atoms with Gasteiger partial charge in [0, 0.05) is 12.1 Å². The predicted octanol–water partition coefficient (Wildman–Crippen LogP) is 3.37. The standard InChI is InChI=1S/C12H25N/c1-7-10(5)13-12(8-2)11(6)9(3)4/h9-10,12-13H,6-8H2,1-5H3. The van der Waals surface area contributed by atoms with Gasteiger partial charge in [-0.1, -0.05) is 39.8 Å². The minimum Gasteiger partial charge on any atom is -0.308 e. The summed E-state index contributed by atoms with van der Waals surface area (Å²) in [5, 5.41) is 3.60. The number of hydrogen-bond acceptors (Lipinski definition) is 1. The molecule has 0 aromatic heterocycles. The van der Waals surface area contributed by atoms with Gasteiger partial charge in [-0.3, -0.25) is 0 Å². The zero-order valence-corrected chi connectivity index (χ0v) is 9.85. The van der Waals surface area contributed by atoms with E-state index in [-0.39, 0.29) is 0 Å². The third kappa shape index (κ3) is 4.47. The van der Waals surface area contributed by atoms with Crippen LogP contribution in [-0.4, -0.2) is 12.1 Å². The molecule has 0 rings (SSSR count). The average molecular weight is 183 g/mol. The minimum absolute atomic E-state index is 0.495. The second-order valence-corrected chi connectivity index (χ2v) is 4.17. The van der Waals surface area contributed by atoms with Crippen LogP contribution in [0, 0.1) is 5.92 Å². The van der Waals surface area contributed by atoms with Crippen molar-refractivity contribution < 1.29 is 0 Å². The number of nitrogens with one attached hydrogen (secondary N) is 1. The van der Waals surface area contributed by atoms with E-state index in [9.17, 15) is 0 Å². The zero-order chi connectivity index (χ0) is 10.4. The maximum Gasteiger partial charge on any atom is 0.0279 e. The second kappa shape index (κ2) is 6.20. The van der Waals surface area contributed by atoms with Crippen molar-refractivity contribution in [3.05, 3.63) is 12.2 Å². The molecule has 78 valence electrons. The highest BCUT2D eigenvalue weighted by Gasteiger charge is 2.14. The highest BCUT2D eigenvalue weighted by molar-refractivity contribution is 5.08. The van der Waals surface area contributed by atoms with E-state index >= 15 is 0 Å². The summed E-state index contributed by atoms with van der Waals surface area (Å²) in [6.07, 6.45) is 2.32. The van der Waals surface area contributed by atoms with Crippen molar-refractivity contribution in [2.45, 2.75) is 59.5 Å². The Morgan fingerprint density at radius 1 is 1.15 bits per heavy atom. The predicted molar refractivity (Wildman–Crippen MR) is 60.9 cm³/mol. The topological polar surface area (TPSA) is 12.0 Å². The lowest BCUT2D eigenvalue weighted by Gasteiger charge is -2.25. The van der Waals surface area contributed by atoms with Crippen molar-refractivity contribution in [1.82, 2.24) is 5.32 Å². The maximum absolute atomic E-state index is 4.15. The van der Waals surface area contributed by atoms with E-state index in [1.54, 1.807) is 0 Å². The molecular weight excluding hydrogens is 158 g/mol. The Bertz CT molecular complexity index is 149. The molecule has 0 aliphatic heterocycles. The van der Waals surface area contributed by atoms with Gasteiger partial charge < -0.3 is 5.32 Å². The summed E-state index contributed by atoms with van der Waals surface area (Å²) in [6, 6.07) is 1.09. The SMILES string of the molecule is C=C(C(C)C)C(CC)NC(C)CC. The van der Waals surface area contributed by atoms with Gasteiger partial charge in [0.05, 0.1) is 0 Å². The largest absolute Gasteiger partial charge is 0.308 e. The smallest absolute Gasteiger partial charge is 0.0279 e. The molecule has 1 nitrogen and oxygen atoms in total. The van der Waals surface area contributed by atoms with Crippen LogP contribution in [0.4, 0.5) is 0 Å². The molecule has 0 amide bonds. The fourth-order valence-electron chi connectivity index (χ4n) is 1.35. The first-order valence-electron chi connectivity index (χ1n) is 5.47. The maximum atomic E-state index is 4.15. The van der Waals surface area contributed by atoms with E-state index in [4.69, 9.17) is 0 Å². The Balaban J connectivity index is 4.10. The van der Waals surface area contributed by atoms with Crippen molar-refractivity contribution >= 4 is 0 Å². The number of hydrogen-bond donors (Lipinski definition) is 1. The van der Waals surface area contributed by atoms with E-state index in [0.717, 1.165) is 6.42 Å². The monoisotopic (exact) mass is 183 g/mol. The van der Waals surface area contributed by atoms with Crippen LogP contribution >= 0.6 is 0 Å². The average Bonchev–Trinajstić information content (AvgIpc) is 2.12. The summed E-state index contributed by atoms with van der Waals surface area (Å²) < 4.78 is 0. The van der Waals surface area contributed by atoms with E-state index in [1.165, 1.54) is 12.0 Å². The minimum atomic E-state index is 0.495. The highest BCUT2D eigenvalue weighted by Crippen LogP contribution is 2.15. The summed E-state index contributed by atoms with van der Waals surface area (Å²) in [6.45, 7) is 15.2. The fourth-order valence-corrected chi connectivity index (χ4v) is 1.35. The van der Waals surface area contributed by atoms with E-state index < -0.39 is 0 Å². The molecule has 0 aliphatic rings. The summed E-state index contributed by atoms with van der Waals surface area (Å²) >= 11 is 0. The summed E-state index contributed by atoms with van der Waals surface area (Å²) in [5.74, 6) is 0.585. The van der Waals surface area contributed by atoms with Gasteiger partial charge in [-0.15, -0.1) is 0 Å². The van der Waals surface area contributed by atoms with Gasteiger partial charge in [0.1, 0.15) is 0 Å². The summed E-state index contributed by atoms with van der Waals surface area (Å²) in [7, 11) is 0. The van der Waals surface area contributed by atoms with Crippen LogP contribution in [0.2, 0.25) is 0 Å². The summed E-state index contributed by atoms with van der Waals surface area (Å²) in [4.78, 5) is 0. The van der Waals surface area contributed by atoms with Gasteiger partial charge in [-0.2, -0.15) is 0 Å². The van der Waals surface area contributed by atoms with Crippen LogP contribution in [-0.2, 0) is 0 Å². The molecule has 0 saturated carbocycles. The molecule has 0 spiro atoms. The molecule has 0 aliphatic carbocycles. The van der Waals surface area contributed by atoms with E-state index in [1.807, 2.05) is 0 Å². The lowest BCUT2D eigenvalue weighted by atomic mass is 9.95. The zero-order valence-electron chi connectivity index (χ0n) is 9.85. The van der Waals surface area contributed by atoms with Crippen LogP contribution in [0.1, 0.15) is 47.5 Å². The third-order valence-corrected chi connectivity index (χ3v) is 2.70. The van der Waals surface area contributed by atoms with Crippen molar-refractivity contribution in [1.29, 1.82) is 0 Å². The second-order valence-electron chi connectivity index (χ2n) is 4.17. The van der Waals surface area contributed by atoms with Crippen LogP contribution in [0.25, 0.3) is 0 Å². The normalized spacial score (nSPS) is 15.8. The number of rotatable bonds is 6. The molecule has 0 aromatic carbocycles. The molecule has 0 bridgehead atoms. The molecule has 1 N–H and O–H groups in total. The molecule has 0 saturated heterocycles. The first-order chi connectivity index (χ1) is 6.02. The Hall–Kier alpha value is -0.300. The van der Waals surface area contributed by atoms with Gasteiger partial charge in [0.2, 0.25) is 0 Å². The Morgan fingerprint density at radius 2 is 1.69 bits per heavy atom. The van der Waals surface area contributed by atoms with Crippen molar-refractivity contribution in [3.63, 3.8) is 0 Å². The lowest BCUT2D eigenvalue weighted by Crippen LogP contribution is -2.37. The molecule has 1 heteroatoms. The van der Waals surface area contributed by atoms with Gasteiger partial charge in [0.25, 0.3) is 0 Å². The van der Waals surface area contributed by atoms with Crippen molar-refractivity contribution in [2.24, 2.45) is 5.92 Å². The van der Waals surface area contributed by atoms with Gasteiger partial charge in [-0.25, -0.2) is 0 Å². The Kier molecular flexibility index (Phi) is 6.06. The van der Waals surface area contributed by atoms with Crippen LogP contribution in [0.5, 0.6) is 0 Å². The van der Waals surface area contributed by atoms with E-state index in [2.05, 4.69) is 46.5 Å². The third-order valence-electron chi connectivity index (χ3n) is 2.70. The molecule has 2 atom stereocenters. The highest BCUT2D eigenvalue weighted by atomic mass is 14.9. The summed E-state index contributed by atoms with van der Waals surface area (Å²) in [5.41, 5.74) is 1.34. The molecule has 0 aromatic rings. The first kappa shape index (κ1) is 12.7. The lowest BCUT2D eigenvalue weighted by molar-refractivity contribution is 0.442. The van der Waals surface area contributed by atoms with Crippen LogP contribution < -0.4 is 5.32 Å². The molecule has 0 radical (unpaired) electrons. The Morgan fingerprint density at radius 3 is 2.00 bits per heavy atom. The first-order valence-corrected chi connectivity index (χ1v) is 5.47. The van der Waals surface area contributed by atoms with Crippen LogP contribution in [0.3, 0.4) is 0 Å². The fraction of sp³-hybridized carbons (Fsp3) is 0.833. The molecule has 0 fully saturated rings. The van der Waals surface area contributed by atoms with Gasteiger partial charge >= 0.3 is 0 Å². The van der Waals surface area contributed by atoms with Gasteiger partial charge in [0.15, 0.2) is 0 Å². The molecule has 13 heavy (non-hydrogen) atoms. The van der Waals surface area contributed by atoms with Crippen molar-refractivity contribution in [2.75, 3.05) is 0 Å². The van der Waals surface area contributed by atoms with Crippen LogP contribution in [0.15, 0.2) is 12.2 Å². The quantitative estimate of drug-likeness (QED) is 0.623. The molecular formula is C12H25N. The van der Waals surface area contributed by atoms with Crippen molar-refractivity contribution in [3.8, 4) is 0 Å². The Labute approximate surface area is 83.6 Å². The van der Waals surface area contributed by atoms with Gasteiger partial charge in [-0.05, 0) is 25.7 Å². The molecule has 2 unspecified atom stereocenters. The van der Waals surface area contributed by atoms with E-state index in [0.29, 0.717) is 18.0 Å².